The van der Waals surface area contributed by atoms with Crippen molar-refractivity contribution >= 4 is 28.9 Å². The van der Waals surface area contributed by atoms with Gasteiger partial charge in [0.2, 0.25) is 0 Å². The van der Waals surface area contributed by atoms with Crippen LogP contribution in [0.4, 0.5) is 5.69 Å². The van der Waals surface area contributed by atoms with E-state index in [-0.39, 0.29) is 11.9 Å². The standard InChI is InChI=1S/C18H22N4OS/c1-13(14-8-5-4-6-9-14)19-18(24)21-20-17(23)15-10-7-11-16(12-15)22(2)3/h4-13H,1-3H3,(H,20,23)(H2,19,21,24)/t13-/m0/s1. The van der Waals surface area contributed by atoms with Gasteiger partial charge in [-0.05, 0) is 42.9 Å². The molecule has 0 aliphatic heterocycles. The quantitative estimate of drug-likeness (QED) is 0.589. The third-order valence-electron chi connectivity index (χ3n) is 3.56. The van der Waals surface area contributed by atoms with Crippen molar-refractivity contribution in [3.63, 3.8) is 0 Å². The molecule has 2 aromatic rings. The van der Waals surface area contributed by atoms with Crippen LogP contribution < -0.4 is 21.1 Å². The predicted molar refractivity (Wildman–Crippen MR) is 102 cm³/mol. The van der Waals surface area contributed by atoms with Gasteiger partial charge in [0.25, 0.3) is 5.91 Å². The number of carbonyl (C=O) groups is 1. The minimum Gasteiger partial charge on any atom is -0.378 e. The Morgan fingerprint density at radius 2 is 1.75 bits per heavy atom. The fraction of sp³-hybridized carbons (Fsp3) is 0.222. The number of anilines is 1. The van der Waals surface area contributed by atoms with Crippen molar-refractivity contribution in [3.8, 4) is 0 Å². The number of rotatable bonds is 4. The monoisotopic (exact) mass is 342 g/mol. The van der Waals surface area contributed by atoms with E-state index >= 15 is 0 Å². The Bertz CT molecular complexity index is 703. The summed E-state index contributed by atoms with van der Waals surface area (Å²) in [4.78, 5) is 14.1. The fourth-order valence-electron chi connectivity index (χ4n) is 2.17. The maximum Gasteiger partial charge on any atom is 0.269 e. The average Bonchev–Trinajstić information content (AvgIpc) is 2.60. The number of amides is 1. The van der Waals surface area contributed by atoms with Gasteiger partial charge in [0.15, 0.2) is 5.11 Å². The molecule has 3 N–H and O–H groups in total. The molecule has 126 valence electrons. The summed E-state index contributed by atoms with van der Waals surface area (Å²) in [5.74, 6) is -0.241. The molecule has 0 aliphatic rings. The van der Waals surface area contributed by atoms with E-state index in [0.717, 1.165) is 11.3 Å². The predicted octanol–water partition coefficient (Wildman–Crippen LogP) is 2.62. The summed E-state index contributed by atoms with van der Waals surface area (Å²) in [7, 11) is 3.86. The molecule has 0 saturated heterocycles. The van der Waals surface area contributed by atoms with Gasteiger partial charge in [-0.1, -0.05) is 36.4 Å². The molecule has 2 rings (SSSR count). The van der Waals surface area contributed by atoms with Crippen molar-refractivity contribution in [3.05, 3.63) is 65.7 Å². The Kier molecular flexibility index (Phi) is 6.14. The van der Waals surface area contributed by atoms with Crippen LogP contribution in [0.3, 0.4) is 0 Å². The first-order valence-electron chi connectivity index (χ1n) is 7.66. The second kappa shape index (κ2) is 8.31. The van der Waals surface area contributed by atoms with Gasteiger partial charge in [-0.3, -0.25) is 15.6 Å². The van der Waals surface area contributed by atoms with Crippen LogP contribution in [0.25, 0.3) is 0 Å². The molecule has 6 heteroatoms. The van der Waals surface area contributed by atoms with E-state index < -0.39 is 0 Å². The topological polar surface area (TPSA) is 56.4 Å². The summed E-state index contributed by atoms with van der Waals surface area (Å²) >= 11 is 5.22. The summed E-state index contributed by atoms with van der Waals surface area (Å²) < 4.78 is 0. The molecule has 1 atom stereocenters. The highest BCUT2D eigenvalue weighted by atomic mass is 32.1. The molecule has 2 aromatic carbocycles. The SMILES string of the molecule is C[C@H](NC(=S)NNC(=O)c1cccc(N(C)C)c1)c1ccccc1. The molecule has 0 radical (unpaired) electrons. The van der Waals surface area contributed by atoms with E-state index in [1.165, 1.54) is 0 Å². The lowest BCUT2D eigenvalue weighted by Crippen LogP contribution is -2.47. The maximum atomic E-state index is 12.2. The minimum absolute atomic E-state index is 0.0418. The molecule has 0 saturated carbocycles. The lowest BCUT2D eigenvalue weighted by molar-refractivity contribution is 0.0943. The second-order valence-corrected chi connectivity index (χ2v) is 6.04. The van der Waals surface area contributed by atoms with Crippen LogP contribution in [0, 0.1) is 0 Å². The lowest BCUT2D eigenvalue weighted by atomic mass is 10.1. The maximum absolute atomic E-state index is 12.2. The molecule has 1 amide bonds. The molecule has 0 unspecified atom stereocenters. The van der Waals surface area contributed by atoms with E-state index in [2.05, 4.69) is 16.2 Å². The van der Waals surface area contributed by atoms with E-state index in [9.17, 15) is 4.79 Å². The van der Waals surface area contributed by atoms with Gasteiger partial charge in [0, 0.05) is 25.3 Å². The van der Waals surface area contributed by atoms with Crippen LogP contribution in [0.5, 0.6) is 0 Å². The van der Waals surface area contributed by atoms with Crippen LogP contribution in [0.2, 0.25) is 0 Å². The highest BCUT2D eigenvalue weighted by molar-refractivity contribution is 7.80. The summed E-state index contributed by atoms with van der Waals surface area (Å²) in [5, 5.41) is 3.49. The summed E-state index contributed by atoms with van der Waals surface area (Å²) in [6.45, 7) is 2.01. The summed E-state index contributed by atoms with van der Waals surface area (Å²) in [6.07, 6.45) is 0. The van der Waals surface area contributed by atoms with E-state index in [1.54, 1.807) is 6.07 Å². The lowest BCUT2D eigenvalue weighted by Gasteiger charge is -2.18. The number of hydrogen-bond donors (Lipinski definition) is 3. The first-order chi connectivity index (χ1) is 11.5. The molecule has 5 nitrogen and oxygen atoms in total. The molecule has 0 heterocycles. The van der Waals surface area contributed by atoms with Gasteiger partial charge >= 0.3 is 0 Å². The summed E-state index contributed by atoms with van der Waals surface area (Å²) in [6, 6.07) is 17.4. The summed E-state index contributed by atoms with van der Waals surface area (Å²) in [5.41, 5.74) is 7.99. The Labute approximate surface area is 148 Å². The van der Waals surface area contributed by atoms with Gasteiger partial charge in [-0.2, -0.15) is 0 Å². The Hall–Kier alpha value is -2.60. The van der Waals surface area contributed by atoms with Crippen molar-refractivity contribution in [2.75, 3.05) is 19.0 Å². The molecule has 0 aromatic heterocycles. The number of nitrogens with zero attached hydrogens (tertiary/aromatic N) is 1. The molecule has 24 heavy (non-hydrogen) atoms. The first-order valence-corrected chi connectivity index (χ1v) is 8.07. The van der Waals surface area contributed by atoms with E-state index in [0.29, 0.717) is 10.7 Å². The van der Waals surface area contributed by atoms with Gasteiger partial charge in [0.1, 0.15) is 0 Å². The molecular weight excluding hydrogens is 320 g/mol. The normalized spacial score (nSPS) is 11.3. The van der Waals surface area contributed by atoms with Crippen LogP contribution in [-0.4, -0.2) is 25.1 Å². The zero-order chi connectivity index (χ0) is 17.5. The molecule has 0 aliphatic carbocycles. The van der Waals surface area contributed by atoms with Gasteiger partial charge in [-0.25, -0.2) is 0 Å². The van der Waals surface area contributed by atoms with E-state index in [1.807, 2.05) is 74.4 Å². The van der Waals surface area contributed by atoms with Crippen LogP contribution in [0.1, 0.15) is 28.9 Å². The van der Waals surface area contributed by atoms with Gasteiger partial charge in [0.05, 0.1) is 6.04 Å². The number of nitrogens with one attached hydrogen (secondary N) is 3. The number of hydrogen-bond acceptors (Lipinski definition) is 3. The molecule has 0 fully saturated rings. The molecule has 0 spiro atoms. The zero-order valence-electron chi connectivity index (χ0n) is 14.0. The van der Waals surface area contributed by atoms with Crippen molar-refractivity contribution in [2.24, 2.45) is 0 Å². The Morgan fingerprint density at radius 3 is 2.42 bits per heavy atom. The Morgan fingerprint density at radius 1 is 1.04 bits per heavy atom. The zero-order valence-corrected chi connectivity index (χ0v) is 14.9. The number of benzene rings is 2. The minimum atomic E-state index is -0.241. The highest BCUT2D eigenvalue weighted by Crippen LogP contribution is 2.13. The van der Waals surface area contributed by atoms with Crippen LogP contribution >= 0.6 is 12.2 Å². The molecule has 0 bridgehead atoms. The van der Waals surface area contributed by atoms with Crippen molar-refractivity contribution < 1.29 is 4.79 Å². The largest absolute Gasteiger partial charge is 0.378 e. The van der Waals surface area contributed by atoms with Gasteiger partial charge in [-0.15, -0.1) is 0 Å². The number of thiocarbonyl (C=S) groups is 1. The number of hydrazine groups is 1. The third-order valence-corrected chi connectivity index (χ3v) is 3.78. The smallest absolute Gasteiger partial charge is 0.269 e. The van der Waals surface area contributed by atoms with Crippen molar-refractivity contribution in [1.82, 2.24) is 16.2 Å². The van der Waals surface area contributed by atoms with Crippen molar-refractivity contribution in [2.45, 2.75) is 13.0 Å². The fourth-order valence-corrected chi connectivity index (χ4v) is 2.40. The average molecular weight is 342 g/mol. The van der Waals surface area contributed by atoms with Gasteiger partial charge < -0.3 is 10.2 Å². The highest BCUT2D eigenvalue weighted by Gasteiger charge is 2.09. The third kappa shape index (κ3) is 4.96. The van der Waals surface area contributed by atoms with Crippen molar-refractivity contribution in [1.29, 1.82) is 0 Å². The van der Waals surface area contributed by atoms with Crippen LogP contribution in [0.15, 0.2) is 54.6 Å². The molecular formula is C18H22N4OS. The van der Waals surface area contributed by atoms with E-state index in [4.69, 9.17) is 12.2 Å². The second-order valence-electron chi connectivity index (χ2n) is 5.63. The van der Waals surface area contributed by atoms with Crippen LogP contribution in [-0.2, 0) is 0 Å². The Balaban J connectivity index is 1.87. The first kappa shape index (κ1) is 17.7. The number of carbonyl (C=O) groups excluding carboxylic acids is 1.